The Bertz CT molecular complexity index is 641. The number of benzene rings is 1. The molecule has 0 aliphatic rings. The van der Waals surface area contributed by atoms with Gasteiger partial charge >= 0.3 is 18.2 Å². The lowest BCUT2D eigenvalue weighted by molar-refractivity contribution is -0.138. The van der Waals surface area contributed by atoms with Gasteiger partial charge in [-0.2, -0.15) is 13.2 Å². The highest BCUT2D eigenvalue weighted by atomic mass is 32.2. The molecule has 140 valence electrons. The molecule has 0 saturated heterocycles. The summed E-state index contributed by atoms with van der Waals surface area (Å²) in [5, 5.41) is 10.5. The van der Waals surface area contributed by atoms with Crippen molar-refractivity contribution >= 4 is 29.5 Å². The highest BCUT2D eigenvalue weighted by Crippen LogP contribution is 2.34. The van der Waals surface area contributed by atoms with Gasteiger partial charge in [0.1, 0.15) is 5.60 Å². The van der Waals surface area contributed by atoms with Gasteiger partial charge in [-0.15, -0.1) is 11.8 Å². The minimum atomic E-state index is -4.54. The molecule has 9 heteroatoms. The molecule has 1 amide bonds. The predicted molar refractivity (Wildman–Crippen MR) is 89.7 cm³/mol. The lowest BCUT2D eigenvalue weighted by atomic mass is 10.1. The van der Waals surface area contributed by atoms with Crippen molar-refractivity contribution in [3.63, 3.8) is 0 Å². The number of carboxylic acid groups (broad SMARTS) is 1. The molecule has 0 heterocycles. The summed E-state index contributed by atoms with van der Waals surface area (Å²) in [5.41, 5.74) is -1.32. The summed E-state index contributed by atoms with van der Waals surface area (Å²) in [6.07, 6.45) is -5.34. The zero-order chi connectivity index (χ0) is 19.4. The number of amides is 1. The second kappa shape index (κ2) is 7.99. The van der Waals surface area contributed by atoms with Crippen molar-refractivity contribution in [3.8, 4) is 0 Å². The first kappa shape index (κ1) is 21.1. The van der Waals surface area contributed by atoms with E-state index in [1.54, 1.807) is 20.8 Å². The summed E-state index contributed by atoms with van der Waals surface area (Å²) in [6, 6.07) is 2.88. The topological polar surface area (TPSA) is 75.6 Å². The van der Waals surface area contributed by atoms with Crippen molar-refractivity contribution in [2.75, 3.05) is 5.32 Å². The van der Waals surface area contributed by atoms with E-state index in [-0.39, 0.29) is 17.0 Å². The fourth-order valence-electron chi connectivity index (χ4n) is 1.71. The maximum atomic E-state index is 12.9. The molecule has 2 N–H and O–H groups in total. The largest absolute Gasteiger partial charge is 0.480 e. The molecule has 0 saturated carbocycles. The number of ether oxygens (including phenoxy) is 1. The minimum absolute atomic E-state index is 0.0114. The standard InChI is InChI=1S/C16H20F3NO4S/c1-9(13(21)22)25-8-10-7-11(16(17,18)19)5-6-12(10)20-14(23)24-15(2,3)4/h5-7,9H,8H2,1-4H3,(H,20,23)(H,21,22)/t9-/m0/s1. The van der Waals surface area contributed by atoms with Crippen molar-refractivity contribution in [1.29, 1.82) is 0 Å². The number of hydrogen-bond donors (Lipinski definition) is 2. The molecule has 25 heavy (non-hydrogen) atoms. The van der Waals surface area contributed by atoms with Crippen LogP contribution in [0, 0.1) is 0 Å². The number of carbonyl (C=O) groups excluding carboxylic acids is 1. The Labute approximate surface area is 147 Å². The van der Waals surface area contributed by atoms with Crippen LogP contribution in [0.5, 0.6) is 0 Å². The summed E-state index contributed by atoms with van der Waals surface area (Å²) in [7, 11) is 0. The maximum absolute atomic E-state index is 12.9. The van der Waals surface area contributed by atoms with Gasteiger partial charge in [0.05, 0.1) is 10.8 Å². The number of hydrogen-bond acceptors (Lipinski definition) is 4. The first-order chi connectivity index (χ1) is 11.3. The monoisotopic (exact) mass is 379 g/mol. The van der Waals surface area contributed by atoms with Crippen LogP contribution in [0.1, 0.15) is 38.8 Å². The third-order valence-corrected chi connectivity index (χ3v) is 4.08. The van der Waals surface area contributed by atoms with Crippen molar-refractivity contribution in [3.05, 3.63) is 29.3 Å². The molecule has 1 aromatic rings. The van der Waals surface area contributed by atoms with Crippen molar-refractivity contribution in [1.82, 2.24) is 0 Å². The van der Waals surface area contributed by atoms with Crippen LogP contribution in [0.15, 0.2) is 18.2 Å². The van der Waals surface area contributed by atoms with E-state index in [0.29, 0.717) is 0 Å². The number of alkyl halides is 3. The molecule has 1 atom stereocenters. The Kier molecular flexibility index (Phi) is 6.75. The Morgan fingerprint density at radius 3 is 2.36 bits per heavy atom. The zero-order valence-electron chi connectivity index (χ0n) is 14.2. The van der Waals surface area contributed by atoms with Crippen molar-refractivity contribution < 1.29 is 32.6 Å². The fraction of sp³-hybridized carbons (Fsp3) is 0.500. The number of nitrogens with one attached hydrogen (secondary N) is 1. The highest BCUT2D eigenvalue weighted by Gasteiger charge is 2.31. The lowest BCUT2D eigenvalue weighted by Crippen LogP contribution is -2.27. The summed E-state index contributed by atoms with van der Waals surface area (Å²) >= 11 is 0.952. The Morgan fingerprint density at radius 2 is 1.88 bits per heavy atom. The number of rotatable bonds is 5. The molecule has 1 aromatic carbocycles. The van der Waals surface area contributed by atoms with E-state index in [0.717, 1.165) is 30.0 Å². The van der Waals surface area contributed by atoms with E-state index < -0.39 is 34.7 Å². The number of halogens is 3. The Hall–Kier alpha value is -1.90. The molecule has 0 unspecified atom stereocenters. The third-order valence-electron chi connectivity index (χ3n) is 2.90. The van der Waals surface area contributed by atoms with Gasteiger partial charge in [-0.05, 0) is 51.5 Å². The average Bonchev–Trinajstić information content (AvgIpc) is 2.42. The van der Waals surface area contributed by atoms with Crippen LogP contribution in [-0.4, -0.2) is 28.0 Å². The number of anilines is 1. The summed E-state index contributed by atoms with van der Waals surface area (Å²) in [4.78, 5) is 22.7. The molecule has 0 radical (unpaired) electrons. The maximum Gasteiger partial charge on any atom is 0.416 e. The first-order valence-corrected chi connectivity index (χ1v) is 8.39. The van der Waals surface area contributed by atoms with E-state index in [9.17, 15) is 22.8 Å². The highest BCUT2D eigenvalue weighted by molar-refractivity contribution is 7.99. The van der Waals surface area contributed by atoms with Crippen LogP contribution in [0.4, 0.5) is 23.7 Å². The Balaban J connectivity index is 3.05. The number of thioether (sulfide) groups is 1. The number of aliphatic carboxylic acids is 1. The van der Waals surface area contributed by atoms with Crippen LogP contribution >= 0.6 is 11.8 Å². The van der Waals surface area contributed by atoms with Gasteiger partial charge in [0.2, 0.25) is 0 Å². The predicted octanol–water partition coefficient (Wildman–Crippen LogP) is 4.76. The van der Waals surface area contributed by atoms with Gasteiger partial charge in [-0.1, -0.05) is 0 Å². The number of carbonyl (C=O) groups is 2. The molecule has 5 nitrogen and oxygen atoms in total. The van der Waals surface area contributed by atoms with Gasteiger partial charge < -0.3 is 9.84 Å². The van der Waals surface area contributed by atoms with Gasteiger partial charge in [-0.3, -0.25) is 10.1 Å². The van der Waals surface area contributed by atoms with Crippen LogP contribution < -0.4 is 5.32 Å². The minimum Gasteiger partial charge on any atom is -0.480 e. The number of carboxylic acids is 1. The van der Waals surface area contributed by atoms with Crippen LogP contribution in [0.3, 0.4) is 0 Å². The van der Waals surface area contributed by atoms with E-state index >= 15 is 0 Å². The lowest BCUT2D eigenvalue weighted by Gasteiger charge is -2.21. The molecule has 0 spiro atoms. The van der Waals surface area contributed by atoms with Crippen LogP contribution in [0.2, 0.25) is 0 Å². The van der Waals surface area contributed by atoms with Gasteiger partial charge in [0, 0.05) is 11.4 Å². The summed E-state index contributed by atoms with van der Waals surface area (Å²) < 4.78 is 43.8. The van der Waals surface area contributed by atoms with E-state index in [1.807, 2.05) is 0 Å². The van der Waals surface area contributed by atoms with E-state index in [4.69, 9.17) is 9.84 Å². The molecule has 0 aliphatic carbocycles. The van der Waals surface area contributed by atoms with E-state index in [2.05, 4.69) is 5.32 Å². The van der Waals surface area contributed by atoms with Crippen LogP contribution in [0.25, 0.3) is 0 Å². The van der Waals surface area contributed by atoms with Crippen molar-refractivity contribution in [2.45, 2.75) is 50.5 Å². The molecule has 0 aliphatic heterocycles. The first-order valence-electron chi connectivity index (χ1n) is 7.34. The average molecular weight is 379 g/mol. The summed E-state index contributed by atoms with van der Waals surface area (Å²) in [6.45, 7) is 6.40. The zero-order valence-corrected chi connectivity index (χ0v) is 15.0. The molecular weight excluding hydrogens is 359 g/mol. The van der Waals surface area contributed by atoms with Crippen LogP contribution in [-0.2, 0) is 21.5 Å². The van der Waals surface area contributed by atoms with E-state index in [1.165, 1.54) is 6.92 Å². The smallest absolute Gasteiger partial charge is 0.416 e. The quantitative estimate of drug-likeness (QED) is 0.772. The van der Waals surface area contributed by atoms with Gasteiger partial charge in [-0.25, -0.2) is 4.79 Å². The molecular formula is C16H20F3NO4S. The second-order valence-electron chi connectivity index (χ2n) is 6.29. The molecule has 0 bridgehead atoms. The summed E-state index contributed by atoms with van der Waals surface area (Å²) in [5.74, 6) is -1.08. The third kappa shape index (κ3) is 7.25. The van der Waals surface area contributed by atoms with Crippen molar-refractivity contribution in [2.24, 2.45) is 0 Å². The SMILES string of the molecule is C[C@H](SCc1cc(C(F)(F)F)ccc1NC(=O)OC(C)(C)C)C(=O)O. The molecule has 1 rings (SSSR count). The molecule has 0 aromatic heterocycles. The van der Waals surface area contributed by atoms with Gasteiger partial charge in [0.25, 0.3) is 0 Å². The Morgan fingerprint density at radius 1 is 1.28 bits per heavy atom. The second-order valence-corrected chi connectivity index (χ2v) is 7.62. The normalized spacial score (nSPS) is 13.2. The van der Waals surface area contributed by atoms with Gasteiger partial charge in [0.15, 0.2) is 0 Å². The molecule has 0 fully saturated rings. The fourth-order valence-corrected chi connectivity index (χ4v) is 2.52.